The minimum absolute atomic E-state index is 0.324. The molecule has 1 atom stereocenters. The molecule has 5 heteroatoms. The van der Waals surface area contributed by atoms with Crippen LogP contribution in [0.25, 0.3) is 4.96 Å². The van der Waals surface area contributed by atoms with Crippen molar-refractivity contribution < 1.29 is 0 Å². The molecule has 4 nitrogen and oxygen atoms in total. The standard InChI is InChI=1S/C14H24N4S/c1-3-5-11(6-4-2)13(17-15)9-12-10-18-7-8-19-14(18)16-12/h7-8,10-11,13,17H,3-6,9,15H2,1-2H3. The van der Waals surface area contributed by atoms with Crippen LogP contribution in [0.4, 0.5) is 0 Å². The van der Waals surface area contributed by atoms with Crippen LogP contribution >= 0.6 is 11.3 Å². The summed E-state index contributed by atoms with van der Waals surface area (Å²) in [6, 6.07) is 0.324. The molecule has 0 spiro atoms. The van der Waals surface area contributed by atoms with Crippen molar-refractivity contribution in [2.24, 2.45) is 11.8 Å². The molecule has 0 saturated heterocycles. The van der Waals surface area contributed by atoms with Gasteiger partial charge in [-0.1, -0.05) is 26.7 Å². The van der Waals surface area contributed by atoms with Crippen molar-refractivity contribution in [2.75, 3.05) is 0 Å². The number of hydrazine groups is 1. The third-order valence-electron chi connectivity index (χ3n) is 3.67. The number of nitrogens with zero attached hydrogens (tertiary/aromatic N) is 2. The van der Waals surface area contributed by atoms with E-state index in [2.05, 4.69) is 46.4 Å². The quantitative estimate of drug-likeness (QED) is 0.577. The van der Waals surface area contributed by atoms with Crippen molar-refractivity contribution in [1.82, 2.24) is 14.8 Å². The van der Waals surface area contributed by atoms with Gasteiger partial charge < -0.3 is 0 Å². The van der Waals surface area contributed by atoms with Gasteiger partial charge in [0.05, 0.1) is 5.69 Å². The zero-order valence-electron chi connectivity index (χ0n) is 11.8. The van der Waals surface area contributed by atoms with Crippen LogP contribution in [0, 0.1) is 5.92 Å². The second-order valence-electron chi connectivity index (χ2n) is 5.14. The first-order valence-corrected chi connectivity index (χ1v) is 8.03. The number of nitrogens with two attached hydrogens (primary N) is 1. The summed E-state index contributed by atoms with van der Waals surface area (Å²) in [7, 11) is 0. The van der Waals surface area contributed by atoms with Gasteiger partial charge in [0, 0.05) is 30.2 Å². The van der Waals surface area contributed by atoms with Crippen molar-refractivity contribution in [1.29, 1.82) is 0 Å². The monoisotopic (exact) mass is 280 g/mol. The average molecular weight is 280 g/mol. The molecule has 1 unspecified atom stereocenters. The van der Waals surface area contributed by atoms with Crippen molar-refractivity contribution in [3.8, 4) is 0 Å². The summed E-state index contributed by atoms with van der Waals surface area (Å²) in [6.45, 7) is 4.48. The summed E-state index contributed by atoms with van der Waals surface area (Å²) in [4.78, 5) is 5.71. The van der Waals surface area contributed by atoms with E-state index in [4.69, 9.17) is 5.84 Å². The van der Waals surface area contributed by atoms with E-state index in [9.17, 15) is 0 Å². The molecular formula is C14H24N4S. The molecule has 0 radical (unpaired) electrons. The second kappa shape index (κ2) is 7.03. The Bertz CT molecular complexity index is 456. The maximum Gasteiger partial charge on any atom is 0.193 e. The molecule has 0 bridgehead atoms. The highest BCUT2D eigenvalue weighted by Gasteiger charge is 2.20. The zero-order chi connectivity index (χ0) is 13.7. The molecule has 0 fully saturated rings. The van der Waals surface area contributed by atoms with Gasteiger partial charge in [-0.05, 0) is 18.8 Å². The smallest absolute Gasteiger partial charge is 0.193 e. The lowest BCUT2D eigenvalue weighted by Gasteiger charge is -2.25. The average Bonchev–Trinajstić information content (AvgIpc) is 2.96. The van der Waals surface area contributed by atoms with Gasteiger partial charge in [0.25, 0.3) is 0 Å². The predicted molar refractivity (Wildman–Crippen MR) is 81.2 cm³/mol. The molecule has 0 saturated carbocycles. The Labute approximate surface area is 119 Å². The van der Waals surface area contributed by atoms with Crippen molar-refractivity contribution in [2.45, 2.75) is 52.0 Å². The maximum absolute atomic E-state index is 5.77. The number of fused-ring (bicyclic) bond motifs is 1. The van der Waals surface area contributed by atoms with Gasteiger partial charge in [-0.15, -0.1) is 11.3 Å². The molecule has 2 aromatic rings. The first-order chi connectivity index (χ1) is 9.28. The van der Waals surface area contributed by atoms with Gasteiger partial charge >= 0.3 is 0 Å². The Hall–Kier alpha value is -0.910. The van der Waals surface area contributed by atoms with Crippen LogP contribution in [0.1, 0.15) is 45.2 Å². The SMILES string of the molecule is CCCC(CCC)C(Cc1cn2ccsc2n1)NN. The van der Waals surface area contributed by atoms with E-state index in [1.54, 1.807) is 11.3 Å². The van der Waals surface area contributed by atoms with Crippen LogP contribution in [0.2, 0.25) is 0 Å². The van der Waals surface area contributed by atoms with Crippen molar-refractivity contribution >= 4 is 16.3 Å². The second-order valence-corrected chi connectivity index (χ2v) is 6.01. The summed E-state index contributed by atoms with van der Waals surface area (Å²) < 4.78 is 2.09. The van der Waals surface area contributed by atoms with Gasteiger partial charge in [-0.3, -0.25) is 15.7 Å². The highest BCUT2D eigenvalue weighted by atomic mass is 32.1. The number of nitrogens with one attached hydrogen (secondary N) is 1. The summed E-state index contributed by atoms with van der Waals surface area (Å²) in [6.07, 6.45) is 9.95. The molecule has 2 rings (SSSR count). The van der Waals surface area contributed by atoms with Crippen LogP contribution in [0.15, 0.2) is 17.8 Å². The molecule has 0 amide bonds. The Morgan fingerprint density at radius 1 is 1.37 bits per heavy atom. The fraction of sp³-hybridized carbons (Fsp3) is 0.643. The van der Waals surface area contributed by atoms with E-state index in [-0.39, 0.29) is 0 Å². The Kier molecular flexibility index (Phi) is 5.36. The van der Waals surface area contributed by atoms with E-state index >= 15 is 0 Å². The highest BCUT2D eigenvalue weighted by Crippen LogP contribution is 2.21. The van der Waals surface area contributed by atoms with Crippen molar-refractivity contribution in [3.63, 3.8) is 0 Å². The molecule has 106 valence electrons. The number of hydrogen-bond acceptors (Lipinski definition) is 4. The molecule has 0 aromatic carbocycles. The molecule has 3 N–H and O–H groups in total. The Morgan fingerprint density at radius 3 is 2.68 bits per heavy atom. The van der Waals surface area contributed by atoms with Crippen LogP contribution in [0.5, 0.6) is 0 Å². The van der Waals surface area contributed by atoms with Gasteiger partial charge in [0.1, 0.15) is 0 Å². The van der Waals surface area contributed by atoms with E-state index in [1.807, 2.05) is 0 Å². The number of thiazole rings is 1. The Morgan fingerprint density at radius 2 is 2.11 bits per heavy atom. The number of imidazole rings is 1. The summed E-state index contributed by atoms with van der Waals surface area (Å²) in [5.41, 5.74) is 4.14. The van der Waals surface area contributed by atoms with E-state index in [0.29, 0.717) is 12.0 Å². The third-order valence-corrected chi connectivity index (χ3v) is 4.44. The van der Waals surface area contributed by atoms with E-state index in [0.717, 1.165) is 17.1 Å². The molecule has 2 heterocycles. The summed E-state index contributed by atoms with van der Waals surface area (Å²) >= 11 is 1.67. The van der Waals surface area contributed by atoms with Gasteiger partial charge in [-0.2, -0.15) is 0 Å². The number of rotatable bonds is 8. The van der Waals surface area contributed by atoms with Crippen LogP contribution in [-0.4, -0.2) is 15.4 Å². The largest absolute Gasteiger partial charge is 0.297 e. The zero-order valence-corrected chi connectivity index (χ0v) is 12.6. The fourth-order valence-electron chi connectivity index (χ4n) is 2.75. The summed E-state index contributed by atoms with van der Waals surface area (Å²) in [5, 5.41) is 2.06. The van der Waals surface area contributed by atoms with Crippen LogP contribution in [0.3, 0.4) is 0 Å². The van der Waals surface area contributed by atoms with Crippen LogP contribution < -0.4 is 11.3 Å². The van der Waals surface area contributed by atoms with Crippen LogP contribution in [-0.2, 0) is 6.42 Å². The Balaban J connectivity index is 2.06. The molecule has 2 aromatic heterocycles. The normalized spacial score (nSPS) is 13.5. The summed E-state index contributed by atoms with van der Waals surface area (Å²) in [5.74, 6) is 6.41. The number of aromatic nitrogens is 2. The third kappa shape index (κ3) is 3.55. The number of hydrogen-bond donors (Lipinski definition) is 2. The highest BCUT2D eigenvalue weighted by molar-refractivity contribution is 7.15. The maximum atomic E-state index is 5.77. The van der Waals surface area contributed by atoms with Gasteiger partial charge in [-0.25, -0.2) is 4.98 Å². The van der Waals surface area contributed by atoms with E-state index < -0.39 is 0 Å². The molecule has 0 aliphatic rings. The predicted octanol–water partition coefficient (Wildman–Crippen LogP) is 2.99. The van der Waals surface area contributed by atoms with Gasteiger partial charge in [0.15, 0.2) is 4.96 Å². The molecular weight excluding hydrogens is 256 g/mol. The lowest BCUT2D eigenvalue weighted by atomic mass is 9.88. The minimum atomic E-state index is 0.324. The van der Waals surface area contributed by atoms with E-state index in [1.165, 1.54) is 25.7 Å². The van der Waals surface area contributed by atoms with Crippen molar-refractivity contribution in [3.05, 3.63) is 23.5 Å². The first-order valence-electron chi connectivity index (χ1n) is 7.15. The first kappa shape index (κ1) is 14.5. The fourth-order valence-corrected chi connectivity index (χ4v) is 3.47. The topological polar surface area (TPSA) is 55.3 Å². The molecule has 19 heavy (non-hydrogen) atoms. The lowest BCUT2D eigenvalue weighted by Crippen LogP contribution is -2.42. The molecule has 0 aliphatic heterocycles. The van der Waals surface area contributed by atoms with Gasteiger partial charge in [0.2, 0.25) is 0 Å². The lowest BCUT2D eigenvalue weighted by molar-refractivity contribution is 0.310. The minimum Gasteiger partial charge on any atom is -0.297 e. The molecule has 0 aliphatic carbocycles.